The lowest BCUT2D eigenvalue weighted by Crippen LogP contribution is -2.30. The zero-order valence-electron chi connectivity index (χ0n) is 28.7. The first kappa shape index (κ1) is 35.4. The van der Waals surface area contributed by atoms with E-state index in [1.54, 1.807) is 54.6 Å². The summed E-state index contributed by atoms with van der Waals surface area (Å²) < 4.78 is 25.0. The zero-order valence-corrected chi connectivity index (χ0v) is 28.7. The molecule has 0 amide bonds. The lowest BCUT2D eigenvalue weighted by Gasteiger charge is -2.31. The van der Waals surface area contributed by atoms with Crippen molar-refractivity contribution >= 4 is 0 Å². The summed E-state index contributed by atoms with van der Waals surface area (Å²) >= 11 is 0. The molecular weight excluding hydrogens is 640 g/mol. The molecule has 51 heavy (non-hydrogen) atoms. The molecule has 10 nitrogen and oxygen atoms in total. The van der Waals surface area contributed by atoms with Gasteiger partial charge in [0.1, 0.15) is 47.0 Å². The molecule has 5 rings (SSSR count). The van der Waals surface area contributed by atoms with Crippen molar-refractivity contribution in [2.24, 2.45) is 0 Å². The molecule has 2 unspecified atom stereocenters. The van der Waals surface area contributed by atoms with Gasteiger partial charge in [0.05, 0.1) is 22.3 Å². The van der Waals surface area contributed by atoms with E-state index >= 15 is 0 Å². The maximum Gasteiger partial charge on any atom is 0.222 e. The second kappa shape index (κ2) is 15.6. The van der Waals surface area contributed by atoms with E-state index in [0.717, 1.165) is 17.5 Å². The van der Waals surface area contributed by atoms with E-state index in [9.17, 15) is 21.0 Å². The van der Waals surface area contributed by atoms with Crippen molar-refractivity contribution in [1.29, 1.82) is 21.0 Å². The Morgan fingerprint density at radius 3 is 1.59 bits per heavy atom. The van der Waals surface area contributed by atoms with E-state index in [4.69, 9.17) is 18.9 Å². The normalized spacial score (nSPS) is 12.8. The van der Waals surface area contributed by atoms with Crippen LogP contribution in [0.1, 0.15) is 80.3 Å². The lowest BCUT2D eigenvalue weighted by molar-refractivity contribution is 0.0698. The highest BCUT2D eigenvalue weighted by atomic mass is 16.5. The van der Waals surface area contributed by atoms with E-state index < -0.39 is 11.2 Å². The molecule has 0 spiro atoms. The fourth-order valence-corrected chi connectivity index (χ4v) is 5.52. The third-order valence-corrected chi connectivity index (χ3v) is 8.45. The number of hydrogen-bond donors (Lipinski definition) is 0. The van der Waals surface area contributed by atoms with Crippen LogP contribution in [0.5, 0.6) is 35.0 Å². The first-order valence-electron chi connectivity index (χ1n) is 16.3. The summed E-state index contributed by atoms with van der Waals surface area (Å²) in [4.78, 5) is 9.16. The average Bonchev–Trinajstić information content (AvgIpc) is 3.14. The van der Waals surface area contributed by atoms with Crippen molar-refractivity contribution in [3.05, 3.63) is 130 Å². The van der Waals surface area contributed by atoms with E-state index in [-0.39, 0.29) is 17.0 Å². The summed E-state index contributed by atoms with van der Waals surface area (Å²) in [7, 11) is 0. The number of pyridine rings is 2. The van der Waals surface area contributed by atoms with Gasteiger partial charge in [0.2, 0.25) is 23.5 Å². The van der Waals surface area contributed by atoms with Gasteiger partial charge in [0, 0.05) is 24.3 Å². The van der Waals surface area contributed by atoms with Gasteiger partial charge in [0.25, 0.3) is 0 Å². The molecule has 0 N–H and O–H groups in total. The first-order chi connectivity index (χ1) is 24.6. The van der Waals surface area contributed by atoms with Crippen LogP contribution in [-0.2, 0) is 11.2 Å². The van der Waals surface area contributed by atoms with E-state index in [1.807, 2.05) is 70.2 Å². The van der Waals surface area contributed by atoms with Crippen LogP contribution < -0.4 is 18.9 Å². The first-order valence-corrected chi connectivity index (χ1v) is 16.3. The molecule has 2 atom stereocenters. The molecule has 0 radical (unpaired) electrons. The maximum absolute atomic E-state index is 9.58. The molecule has 0 aliphatic heterocycles. The molecule has 0 bridgehead atoms. The average molecular weight is 675 g/mol. The van der Waals surface area contributed by atoms with Gasteiger partial charge < -0.3 is 18.9 Å². The van der Waals surface area contributed by atoms with Gasteiger partial charge in [-0.05, 0) is 80.3 Å². The number of hydrogen-bond acceptors (Lipinski definition) is 10. The largest absolute Gasteiger partial charge is 0.466 e. The van der Waals surface area contributed by atoms with Crippen LogP contribution in [0.15, 0.2) is 97.1 Å². The highest BCUT2D eigenvalue weighted by molar-refractivity contribution is 5.50. The molecule has 10 heteroatoms. The topological polar surface area (TPSA) is 158 Å². The number of nitriles is 4. The number of ether oxygens (including phenoxy) is 4. The van der Waals surface area contributed by atoms with Gasteiger partial charge in [-0.15, -0.1) is 0 Å². The van der Waals surface area contributed by atoms with E-state index in [2.05, 4.69) is 22.1 Å². The minimum absolute atomic E-state index is 0.214. The number of nitrogens with zero attached hydrogens (tertiary/aromatic N) is 6. The van der Waals surface area contributed by atoms with E-state index in [1.165, 1.54) is 12.1 Å². The Kier molecular flexibility index (Phi) is 10.8. The van der Waals surface area contributed by atoms with Crippen molar-refractivity contribution in [3.8, 4) is 59.3 Å². The van der Waals surface area contributed by atoms with Crippen LogP contribution in [0.4, 0.5) is 0 Å². The number of aromatic nitrogens is 2. The fraction of sp³-hybridized carbons (Fsp3) is 0.220. The van der Waals surface area contributed by atoms with Crippen LogP contribution >= 0.6 is 0 Å². The standard InChI is InChI=1S/C41H34N6O4/c1-5-20-41(4,33-18-16-28(24-42)30(21-33)26-44)51-39-15-9-12-36(47-39)48-34-11-7-10-32(23-34)40(3,6-2)50-38-14-8-13-37(46-38)49-35-19-17-29(25-43)31(22-35)27-45/h7-19,21-23H,5-6,20H2,1-4H3. The highest BCUT2D eigenvalue weighted by Gasteiger charge is 2.30. The van der Waals surface area contributed by atoms with Gasteiger partial charge in [-0.2, -0.15) is 31.0 Å². The second-order valence-electron chi connectivity index (χ2n) is 12.0. The lowest BCUT2D eigenvalue weighted by atomic mass is 9.89. The van der Waals surface area contributed by atoms with Crippen LogP contribution in [0, 0.1) is 45.3 Å². The van der Waals surface area contributed by atoms with Gasteiger partial charge >= 0.3 is 0 Å². The Labute approximate surface area is 297 Å². The van der Waals surface area contributed by atoms with Crippen molar-refractivity contribution in [1.82, 2.24) is 9.97 Å². The maximum atomic E-state index is 9.58. The minimum Gasteiger partial charge on any atom is -0.466 e. The summed E-state index contributed by atoms with van der Waals surface area (Å²) in [6, 6.07) is 36.0. The third-order valence-electron chi connectivity index (χ3n) is 8.45. The summed E-state index contributed by atoms with van der Waals surface area (Å²) in [5, 5.41) is 37.5. The molecule has 2 aromatic heterocycles. The Morgan fingerprint density at radius 1 is 0.529 bits per heavy atom. The number of benzene rings is 3. The summed E-state index contributed by atoms with van der Waals surface area (Å²) in [5.41, 5.74) is 1.11. The second-order valence-corrected chi connectivity index (χ2v) is 12.0. The van der Waals surface area contributed by atoms with Gasteiger partial charge in [-0.1, -0.05) is 50.6 Å². The molecule has 252 valence electrons. The van der Waals surface area contributed by atoms with Crippen molar-refractivity contribution in [2.75, 3.05) is 0 Å². The summed E-state index contributed by atoms with van der Waals surface area (Å²) in [5.74, 6) is 2.20. The van der Waals surface area contributed by atoms with Crippen LogP contribution in [0.3, 0.4) is 0 Å². The van der Waals surface area contributed by atoms with Crippen molar-refractivity contribution in [2.45, 2.75) is 58.2 Å². The fourth-order valence-electron chi connectivity index (χ4n) is 5.52. The predicted octanol–water partition coefficient (Wildman–Crippen LogP) is 9.35. The van der Waals surface area contributed by atoms with Crippen molar-refractivity contribution < 1.29 is 18.9 Å². The smallest absolute Gasteiger partial charge is 0.222 e. The predicted molar refractivity (Wildman–Crippen MR) is 188 cm³/mol. The van der Waals surface area contributed by atoms with E-state index in [0.29, 0.717) is 53.1 Å². The van der Waals surface area contributed by atoms with Crippen LogP contribution in [-0.4, -0.2) is 9.97 Å². The molecule has 2 heterocycles. The summed E-state index contributed by atoms with van der Waals surface area (Å²) in [6.07, 6.45) is 2.06. The van der Waals surface area contributed by atoms with Crippen LogP contribution in [0.25, 0.3) is 0 Å². The van der Waals surface area contributed by atoms with Crippen molar-refractivity contribution in [3.63, 3.8) is 0 Å². The van der Waals surface area contributed by atoms with Gasteiger partial charge in [-0.3, -0.25) is 0 Å². The molecular formula is C41H34N6O4. The Morgan fingerprint density at radius 2 is 1.02 bits per heavy atom. The Hall–Kier alpha value is -6.88. The Bertz CT molecular complexity index is 2230. The third kappa shape index (κ3) is 8.23. The quantitative estimate of drug-likeness (QED) is 0.118. The SMILES string of the molecule is CCCC(C)(Oc1cccc(Oc2cccc(C(C)(CC)Oc3cccc(Oc4ccc(C#N)c(C#N)c4)n3)c2)n1)c1ccc(C#N)c(C#N)c1. The summed E-state index contributed by atoms with van der Waals surface area (Å²) in [6.45, 7) is 7.96. The Balaban J connectivity index is 1.33. The molecule has 0 saturated carbocycles. The molecule has 3 aromatic carbocycles. The number of rotatable bonds is 13. The monoisotopic (exact) mass is 674 g/mol. The molecule has 0 aliphatic carbocycles. The minimum atomic E-state index is -0.807. The molecule has 5 aromatic rings. The molecule has 0 fully saturated rings. The van der Waals surface area contributed by atoms with Crippen LogP contribution in [0.2, 0.25) is 0 Å². The van der Waals surface area contributed by atoms with Gasteiger partial charge in [0.15, 0.2) is 0 Å². The highest BCUT2D eigenvalue weighted by Crippen LogP contribution is 2.36. The molecule has 0 aliphatic rings. The zero-order chi connectivity index (χ0) is 36.4. The van der Waals surface area contributed by atoms with Gasteiger partial charge in [-0.25, -0.2) is 0 Å². The molecule has 0 saturated heterocycles.